The zero-order chi connectivity index (χ0) is 39.3. The lowest BCUT2D eigenvalue weighted by Gasteiger charge is -2.24. The van der Waals surface area contributed by atoms with Crippen LogP contribution in [0.2, 0.25) is 0 Å². The summed E-state index contributed by atoms with van der Waals surface area (Å²) < 4.78 is 22.5. The van der Waals surface area contributed by atoms with E-state index in [1.807, 2.05) is 50.2 Å². The van der Waals surface area contributed by atoms with Crippen LogP contribution in [-0.4, -0.2) is 36.1 Å². The Hall–Kier alpha value is -7.60. The summed E-state index contributed by atoms with van der Waals surface area (Å²) >= 11 is 0. The molecule has 0 bridgehead atoms. The number of azo groups is 2. The molecule has 12 nitrogen and oxygen atoms in total. The summed E-state index contributed by atoms with van der Waals surface area (Å²) in [7, 11) is 0. The average Bonchev–Trinajstić information content (AvgIpc) is 3.22. The summed E-state index contributed by atoms with van der Waals surface area (Å²) in [6.45, 7) is 3.66. The van der Waals surface area contributed by atoms with Crippen molar-refractivity contribution in [2.75, 3.05) is 0 Å². The minimum absolute atomic E-state index is 0.0160. The van der Waals surface area contributed by atoms with E-state index in [4.69, 9.17) is 18.9 Å². The number of carbonyl (C=O) groups excluding carboxylic acids is 4. The summed E-state index contributed by atoms with van der Waals surface area (Å²) in [6, 6.07) is 42.8. The van der Waals surface area contributed by atoms with Crippen LogP contribution in [0.1, 0.15) is 31.8 Å². The Labute approximate surface area is 322 Å². The maximum absolute atomic E-state index is 14.0. The number of hydrogen-bond donors (Lipinski definition) is 0. The van der Waals surface area contributed by atoms with Crippen LogP contribution >= 0.6 is 0 Å². The third-order valence-corrected chi connectivity index (χ3v) is 7.97. The molecule has 0 aromatic heterocycles. The highest BCUT2D eigenvalue weighted by Crippen LogP contribution is 2.25. The second-order valence-electron chi connectivity index (χ2n) is 12.3. The number of aryl methyl sites for hydroxylation is 2. The summed E-state index contributed by atoms with van der Waals surface area (Å²) in [4.78, 5) is 54.9. The number of esters is 4. The fourth-order valence-electron chi connectivity index (χ4n) is 4.94. The van der Waals surface area contributed by atoms with Gasteiger partial charge in [-0.1, -0.05) is 71.8 Å². The first-order valence-electron chi connectivity index (χ1n) is 17.3. The normalized spacial score (nSPS) is 12.1. The number of nitrogens with zero attached hydrogens (tertiary/aromatic N) is 4. The van der Waals surface area contributed by atoms with E-state index in [0.717, 1.165) is 11.1 Å². The Morgan fingerprint density at radius 3 is 1.02 bits per heavy atom. The molecule has 0 amide bonds. The molecular weight excluding hydrogens is 713 g/mol. The summed E-state index contributed by atoms with van der Waals surface area (Å²) in [5, 5.41) is 16.7. The van der Waals surface area contributed by atoms with Gasteiger partial charge in [0.05, 0.1) is 33.9 Å². The minimum Gasteiger partial charge on any atom is -0.442 e. The van der Waals surface area contributed by atoms with Crippen molar-refractivity contribution >= 4 is 46.6 Å². The van der Waals surface area contributed by atoms with Crippen LogP contribution < -0.4 is 9.47 Å². The largest absolute Gasteiger partial charge is 0.442 e. The quantitative estimate of drug-likeness (QED) is 0.0642. The van der Waals surface area contributed by atoms with Crippen LogP contribution in [0.15, 0.2) is 178 Å². The molecular formula is C44H34N4O8. The van der Waals surface area contributed by atoms with E-state index >= 15 is 0 Å². The Morgan fingerprint density at radius 1 is 0.393 bits per heavy atom. The van der Waals surface area contributed by atoms with Gasteiger partial charge in [-0.05, 0) is 111 Å². The van der Waals surface area contributed by atoms with E-state index in [2.05, 4.69) is 20.5 Å². The van der Waals surface area contributed by atoms with Crippen molar-refractivity contribution < 1.29 is 38.1 Å². The van der Waals surface area contributed by atoms with Gasteiger partial charge in [0.25, 0.3) is 0 Å². The lowest BCUT2D eigenvalue weighted by atomic mass is 10.1. The number of benzene rings is 6. The highest BCUT2D eigenvalue weighted by atomic mass is 16.6. The zero-order valence-electron chi connectivity index (χ0n) is 30.2. The molecule has 0 saturated heterocycles. The smallest absolute Gasteiger partial charge is 0.357 e. The van der Waals surface area contributed by atoms with Crippen molar-refractivity contribution in [1.82, 2.24) is 0 Å². The Kier molecular flexibility index (Phi) is 12.6. The lowest BCUT2D eigenvalue weighted by molar-refractivity contribution is -0.163. The molecule has 6 rings (SSSR count). The summed E-state index contributed by atoms with van der Waals surface area (Å²) in [6.07, 6.45) is -4.25. The fraction of sp³-hybridized carbons (Fsp3) is 0.0909. The van der Waals surface area contributed by atoms with Crippen molar-refractivity contribution in [3.05, 3.63) is 180 Å². The van der Waals surface area contributed by atoms with E-state index in [1.54, 1.807) is 72.8 Å². The molecule has 0 spiro atoms. The second kappa shape index (κ2) is 18.4. The van der Waals surface area contributed by atoms with Gasteiger partial charge in [0.15, 0.2) is 0 Å². The lowest BCUT2D eigenvalue weighted by Crippen LogP contribution is -2.49. The molecule has 0 aliphatic rings. The van der Waals surface area contributed by atoms with Gasteiger partial charge in [-0.15, -0.1) is 0 Å². The van der Waals surface area contributed by atoms with E-state index in [9.17, 15) is 19.2 Å². The van der Waals surface area contributed by atoms with Crippen molar-refractivity contribution in [2.45, 2.75) is 26.1 Å². The Morgan fingerprint density at radius 2 is 0.696 bits per heavy atom. The van der Waals surface area contributed by atoms with Gasteiger partial charge < -0.3 is 18.9 Å². The van der Waals surface area contributed by atoms with Crippen LogP contribution in [0.25, 0.3) is 0 Å². The van der Waals surface area contributed by atoms with E-state index in [0.29, 0.717) is 22.7 Å². The monoisotopic (exact) mass is 746 g/mol. The van der Waals surface area contributed by atoms with Gasteiger partial charge in [-0.3, -0.25) is 0 Å². The van der Waals surface area contributed by atoms with Gasteiger partial charge in [0.1, 0.15) is 11.5 Å². The number of hydrogen-bond acceptors (Lipinski definition) is 12. The summed E-state index contributed by atoms with van der Waals surface area (Å²) in [5.41, 5.74) is 4.06. The number of rotatable bonds is 13. The molecule has 0 N–H and O–H groups in total. The maximum atomic E-state index is 14.0. The molecule has 6 aromatic carbocycles. The third-order valence-electron chi connectivity index (χ3n) is 7.97. The summed E-state index contributed by atoms with van der Waals surface area (Å²) in [5.74, 6) is -4.38. The van der Waals surface area contributed by atoms with Crippen LogP contribution in [0.4, 0.5) is 22.7 Å². The van der Waals surface area contributed by atoms with Crippen LogP contribution in [0.3, 0.4) is 0 Å². The van der Waals surface area contributed by atoms with Crippen molar-refractivity contribution in [1.29, 1.82) is 0 Å². The molecule has 2 atom stereocenters. The third kappa shape index (κ3) is 10.7. The van der Waals surface area contributed by atoms with Gasteiger partial charge in [0, 0.05) is 0 Å². The first-order valence-corrected chi connectivity index (χ1v) is 17.3. The standard InChI is InChI=1S/C44H34N4O8/c1-29-13-17-31(18-14-29)41(49)55-39(43(51)53-37-25-21-35(22-26-37)47-45-33-9-5-3-6-10-33)40(56-42(50)32-19-15-30(2)16-20-32)44(52)54-38-27-23-36(24-28-38)48-46-34-11-7-4-8-12-34/h3-28,39-40H,1-2H3. The molecule has 0 saturated carbocycles. The van der Waals surface area contributed by atoms with E-state index < -0.39 is 36.1 Å². The first-order chi connectivity index (χ1) is 27.2. The van der Waals surface area contributed by atoms with Gasteiger partial charge >= 0.3 is 23.9 Å². The van der Waals surface area contributed by atoms with Crippen LogP contribution in [-0.2, 0) is 19.1 Å². The maximum Gasteiger partial charge on any atom is 0.357 e. The molecule has 2 unspecified atom stereocenters. The predicted molar refractivity (Wildman–Crippen MR) is 206 cm³/mol. The van der Waals surface area contributed by atoms with E-state index in [-0.39, 0.29) is 22.6 Å². The predicted octanol–water partition coefficient (Wildman–Crippen LogP) is 10.1. The Balaban J connectivity index is 1.28. The number of ether oxygens (including phenoxy) is 4. The fourth-order valence-corrected chi connectivity index (χ4v) is 4.94. The molecule has 0 aliphatic heterocycles. The molecule has 0 fully saturated rings. The van der Waals surface area contributed by atoms with Crippen LogP contribution in [0, 0.1) is 13.8 Å². The van der Waals surface area contributed by atoms with Gasteiger partial charge in [-0.25, -0.2) is 19.2 Å². The second-order valence-corrected chi connectivity index (χ2v) is 12.3. The minimum atomic E-state index is -2.12. The average molecular weight is 747 g/mol. The van der Waals surface area contributed by atoms with Gasteiger partial charge in [-0.2, -0.15) is 20.5 Å². The first kappa shape index (κ1) is 38.1. The number of carbonyl (C=O) groups is 4. The zero-order valence-corrected chi connectivity index (χ0v) is 30.2. The SMILES string of the molecule is Cc1ccc(C(=O)OC(C(=O)Oc2ccc(N=Nc3ccccc3)cc2)C(OC(=O)c2ccc(C)cc2)C(=O)Oc2ccc(N=Nc3ccccc3)cc2)cc1. The Bertz CT molecular complexity index is 2160. The molecule has 6 aromatic rings. The van der Waals surface area contributed by atoms with E-state index in [1.165, 1.54) is 48.5 Å². The molecule has 12 heteroatoms. The molecule has 56 heavy (non-hydrogen) atoms. The van der Waals surface area contributed by atoms with Gasteiger partial charge in [0.2, 0.25) is 12.2 Å². The van der Waals surface area contributed by atoms with Crippen molar-refractivity contribution in [2.24, 2.45) is 20.5 Å². The van der Waals surface area contributed by atoms with Crippen LogP contribution in [0.5, 0.6) is 11.5 Å². The highest BCUT2D eigenvalue weighted by Gasteiger charge is 2.43. The molecule has 0 heterocycles. The molecule has 278 valence electrons. The topological polar surface area (TPSA) is 155 Å². The van der Waals surface area contributed by atoms with Crippen molar-refractivity contribution in [3.8, 4) is 11.5 Å². The highest BCUT2D eigenvalue weighted by molar-refractivity contribution is 5.96. The molecule has 0 radical (unpaired) electrons. The van der Waals surface area contributed by atoms with Crippen molar-refractivity contribution in [3.63, 3.8) is 0 Å². The molecule has 0 aliphatic carbocycles.